The molecule has 1 atom stereocenters. The Hall–Kier alpha value is -3.95. The Morgan fingerprint density at radius 2 is 1.87 bits per heavy atom. The predicted octanol–water partition coefficient (Wildman–Crippen LogP) is 1.47. The Bertz CT molecular complexity index is 1010. The molecule has 1 aromatic heterocycles. The predicted molar refractivity (Wildman–Crippen MR) is 101 cm³/mol. The average Bonchev–Trinajstić information content (AvgIpc) is 3.31. The normalized spacial score (nSPS) is 13.6. The van der Waals surface area contributed by atoms with Gasteiger partial charge in [0.05, 0.1) is 29.5 Å². The molecule has 1 aromatic carbocycles. The fourth-order valence-electron chi connectivity index (χ4n) is 2.82. The van der Waals surface area contributed by atoms with Crippen LogP contribution in [-0.2, 0) is 16.1 Å². The fourth-order valence-corrected chi connectivity index (χ4v) is 2.82. The Labute approximate surface area is 171 Å². The number of ether oxygens (including phenoxy) is 1. The molecule has 30 heavy (non-hydrogen) atoms. The van der Waals surface area contributed by atoms with E-state index in [0.717, 1.165) is 4.90 Å². The topological polar surface area (TPSA) is 135 Å². The van der Waals surface area contributed by atoms with Crippen molar-refractivity contribution in [1.82, 2.24) is 15.5 Å². The van der Waals surface area contributed by atoms with Gasteiger partial charge in [-0.25, -0.2) is 9.59 Å². The van der Waals surface area contributed by atoms with E-state index in [2.05, 4.69) is 5.32 Å². The zero-order valence-electron chi connectivity index (χ0n) is 16.3. The quantitative estimate of drug-likeness (QED) is 0.541. The van der Waals surface area contributed by atoms with Gasteiger partial charge in [0, 0.05) is 6.54 Å². The van der Waals surface area contributed by atoms with Gasteiger partial charge in [0.2, 0.25) is 0 Å². The van der Waals surface area contributed by atoms with Gasteiger partial charge in [-0.1, -0.05) is 0 Å². The number of amides is 5. The van der Waals surface area contributed by atoms with Crippen LogP contribution in [-0.4, -0.2) is 47.3 Å². The maximum Gasteiger partial charge on any atom is 0.338 e. The van der Waals surface area contributed by atoms with Gasteiger partial charge >= 0.3 is 12.0 Å². The highest BCUT2D eigenvalue weighted by atomic mass is 16.5. The number of imide groups is 2. The third-order valence-corrected chi connectivity index (χ3v) is 4.33. The molecule has 0 aliphatic carbocycles. The molecule has 2 aromatic rings. The monoisotopic (exact) mass is 413 g/mol. The van der Waals surface area contributed by atoms with Crippen molar-refractivity contribution < 1.29 is 33.1 Å². The number of nitrogens with one attached hydrogen (secondary N) is 2. The minimum Gasteiger partial charge on any atom is -0.467 e. The van der Waals surface area contributed by atoms with Crippen LogP contribution in [0.5, 0.6) is 0 Å². The summed E-state index contributed by atoms with van der Waals surface area (Å²) in [6, 6.07) is 6.51. The van der Waals surface area contributed by atoms with Gasteiger partial charge in [0.1, 0.15) is 5.76 Å². The first-order valence-electron chi connectivity index (χ1n) is 9.14. The summed E-state index contributed by atoms with van der Waals surface area (Å²) in [5, 5.41) is 4.42. The Kier molecular flexibility index (Phi) is 5.95. The second-order valence-electron chi connectivity index (χ2n) is 6.43. The van der Waals surface area contributed by atoms with E-state index in [4.69, 9.17) is 9.15 Å². The Morgan fingerprint density at radius 1 is 1.13 bits per heavy atom. The molecule has 0 saturated heterocycles. The van der Waals surface area contributed by atoms with Crippen molar-refractivity contribution in [2.75, 3.05) is 6.54 Å². The third kappa shape index (κ3) is 4.22. The molecule has 2 N–H and O–H groups in total. The summed E-state index contributed by atoms with van der Waals surface area (Å²) in [4.78, 5) is 61.8. The summed E-state index contributed by atoms with van der Waals surface area (Å²) < 4.78 is 10.2. The smallest absolute Gasteiger partial charge is 0.338 e. The standard InChI is InChI=1S/C20H19N3O7/c1-3-21-20(28)22-16(24)11(2)30-19(27)12-6-7-14-15(9-12)18(26)23(17(14)25)10-13-5-4-8-29-13/h4-9,11H,3,10H2,1-2H3,(H2,21,22,24,28)/t11-/m0/s1. The van der Waals surface area contributed by atoms with Gasteiger partial charge in [0.25, 0.3) is 17.7 Å². The molecule has 0 radical (unpaired) electrons. The van der Waals surface area contributed by atoms with Crippen molar-refractivity contribution >= 4 is 29.7 Å². The van der Waals surface area contributed by atoms with Crippen LogP contribution in [0, 0.1) is 0 Å². The van der Waals surface area contributed by atoms with E-state index in [1.165, 1.54) is 31.4 Å². The van der Waals surface area contributed by atoms with E-state index in [9.17, 15) is 24.0 Å². The lowest BCUT2D eigenvalue weighted by molar-refractivity contribution is -0.127. The second kappa shape index (κ2) is 8.60. The van der Waals surface area contributed by atoms with Crippen LogP contribution in [0.3, 0.4) is 0 Å². The number of urea groups is 1. The van der Waals surface area contributed by atoms with Crippen molar-refractivity contribution in [2.45, 2.75) is 26.5 Å². The largest absolute Gasteiger partial charge is 0.467 e. The molecule has 10 nitrogen and oxygen atoms in total. The molecule has 3 rings (SSSR count). The lowest BCUT2D eigenvalue weighted by atomic mass is 10.1. The van der Waals surface area contributed by atoms with Crippen molar-refractivity contribution in [3.63, 3.8) is 0 Å². The number of fused-ring (bicyclic) bond motifs is 1. The number of furan rings is 1. The summed E-state index contributed by atoms with van der Waals surface area (Å²) >= 11 is 0. The molecule has 0 bridgehead atoms. The molecule has 156 valence electrons. The number of hydrogen-bond donors (Lipinski definition) is 2. The molecule has 1 aliphatic heterocycles. The molecule has 0 spiro atoms. The molecule has 2 heterocycles. The number of benzene rings is 1. The van der Waals surface area contributed by atoms with E-state index >= 15 is 0 Å². The van der Waals surface area contributed by atoms with Gasteiger partial charge in [0.15, 0.2) is 6.10 Å². The van der Waals surface area contributed by atoms with Crippen LogP contribution in [0.4, 0.5) is 4.79 Å². The van der Waals surface area contributed by atoms with Crippen LogP contribution >= 0.6 is 0 Å². The van der Waals surface area contributed by atoms with Gasteiger partial charge in [-0.15, -0.1) is 0 Å². The van der Waals surface area contributed by atoms with Crippen molar-refractivity contribution in [2.24, 2.45) is 0 Å². The molecule has 10 heteroatoms. The average molecular weight is 413 g/mol. The molecular weight excluding hydrogens is 394 g/mol. The van der Waals surface area contributed by atoms with E-state index in [-0.39, 0.29) is 23.2 Å². The maximum atomic E-state index is 12.6. The number of hydrogen-bond acceptors (Lipinski definition) is 7. The summed E-state index contributed by atoms with van der Waals surface area (Å²) in [6.07, 6.45) is 0.186. The second-order valence-corrected chi connectivity index (χ2v) is 6.43. The van der Waals surface area contributed by atoms with Gasteiger partial charge in [-0.3, -0.25) is 24.6 Å². The van der Waals surface area contributed by atoms with Crippen molar-refractivity contribution in [3.05, 3.63) is 59.0 Å². The highest BCUT2D eigenvalue weighted by Gasteiger charge is 2.36. The minimum absolute atomic E-state index is 0.00703. The molecule has 0 unspecified atom stereocenters. The van der Waals surface area contributed by atoms with Gasteiger partial charge < -0.3 is 14.5 Å². The summed E-state index contributed by atoms with van der Waals surface area (Å²) in [7, 11) is 0. The van der Waals surface area contributed by atoms with Crippen LogP contribution in [0.1, 0.15) is 50.7 Å². The zero-order valence-corrected chi connectivity index (χ0v) is 16.3. The van der Waals surface area contributed by atoms with Crippen molar-refractivity contribution in [3.8, 4) is 0 Å². The number of esters is 1. The molecular formula is C20H19N3O7. The highest BCUT2D eigenvalue weighted by Crippen LogP contribution is 2.26. The van der Waals surface area contributed by atoms with E-state index in [0.29, 0.717) is 12.3 Å². The zero-order chi connectivity index (χ0) is 21.8. The lowest BCUT2D eigenvalue weighted by Crippen LogP contribution is -2.44. The van der Waals surface area contributed by atoms with E-state index in [1.807, 2.05) is 5.32 Å². The van der Waals surface area contributed by atoms with Crippen molar-refractivity contribution in [1.29, 1.82) is 0 Å². The highest BCUT2D eigenvalue weighted by molar-refractivity contribution is 6.21. The summed E-state index contributed by atoms with van der Waals surface area (Å²) in [5.74, 6) is -2.30. The summed E-state index contributed by atoms with van der Waals surface area (Å²) in [5.41, 5.74) is 0.206. The van der Waals surface area contributed by atoms with Crippen LogP contribution in [0.15, 0.2) is 41.0 Å². The van der Waals surface area contributed by atoms with Crippen LogP contribution in [0.25, 0.3) is 0 Å². The molecule has 0 fully saturated rings. The van der Waals surface area contributed by atoms with Gasteiger partial charge in [-0.2, -0.15) is 0 Å². The van der Waals surface area contributed by atoms with Gasteiger partial charge in [-0.05, 0) is 44.2 Å². The first kappa shape index (κ1) is 20.8. The minimum atomic E-state index is -1.25. The number of carbonyl (C=O) groups is 5. The van der Waals surface area contributed by atoms with E-state index in [1.54, 1.807) is 19.1 Å². The molecule has 0 saturated carbocycles. The molecule has 5 amide bonds. The molecule has 1 aliphatic rings. The Morgan fingerprint density at radius 3 is 2.53 bits per heavy atom. The fraction of sp³-hybridized carbons (Fsp3) is 0.250. The first-order chi connectivity index (χ1) is 14.3. The van der Waals surface area contributed by atoms with Crippen LogP contribution < -0.4 is 10.6 Å². The maximum absolute atomic E-state index is 12.6. The third-order valence-electron chi connectivity index (χ3n) is 4.33. The van der Waals surface area contributed by atoms with Crippen LogP contribution in [0.2, 0.25) is 0 Å². The number of carbonyl (C=O) groups excluding carboxylic acids is 5. The lowest BCUT2D eigenvalue weighted by Gasteiger charge is -2.13. The van der Waals surface area contributed by atoms with E-state index < -0.39 is 35.8 Å². The first-order valence-corrected chi connectivity index (χ1v) is 9.14. The number of nitrogens with zero attached hydrogens (tertiary/aromatic N) is 1. The SMILES string of the molecule is CCNC(=O)NC(=O)[C@H](C)OC(=O)c1ccc2c(c1)C(=O)N(Cc1ccco1)C2=O. The summed E-state index contributed by atoms with van der Waals surface area (Å²) in [6.45, 7) is 3.28. The number of rotatable bonds is 6. The Balaban J connectivity index is 1.69.